The first-order valence-corrected chi connectivity index (χ1v) is 6.96. The number of carbonyl (C=O) groups is 1. The fourth-order valence-corrected chi connectivity index (χ4v) is 3.46. The normalized spacial score (nSPS) is 25.2. The van der Waals surface area contributed by atoms with E-state index in [1.165, 1.54) is 7.11 Å². The van der Waals surface area contributed by atoms with Crippen LogP contribution in [0.1, 0.15) is 26.7 Å². The molecule has 0 spiro atoms. The SMILES string of the molecule is CCN1CC2CCC3=C(C)C(=C=O)C(OC)=C(C1=O)N32. The van der Waals surface area contributed by atoms with E-state index in [0.717, 1.165) is 30.7 Å². The standard InChI is InChI=1S/C15H18N2O3/c1-4-16-7-10-5-6-12-9(2)11(8-18)14(20-3)13(15(16)19)17(10)12/h10H,4-7H2,1-3H3. The number of hydrogen-bond donors (Lipinski definition) is 0. The van der Waals surface area contributed by atoms with Crippen LogP contribution in [0.2, 0.25) is 0 Å². The number of ether oxygens (including phenoxy) is 1. The fraction of sp³-hybridized carbons (Fsp3) is 0.533. The summed E-state index contributed by atoms with van der Waals surface area (Å²) in [4.78, 5) is 27.8. The number of likely N-dealkylation sites (N-methyl/N-ethyl adjacent to an activating group) is 1. The third-order valence-electron chi connectivity index (χ3n) is 4.47. The molecule has 0 N–H and O–H groups in total. The van der Waals surface area contributed by atoms with Gasteiger partial charge in [0.05, 0.1) is 13.2 Å². The van der Waals surface area contributed by atoms with Crippen molar-refractivity contribution in [3.63, 3.8) is 0 Å². The minimum absolute atomic E-state index is 0.0553. The van der Waals surface area contributed by atoms with Crippen molar-refractivity contribution in [3.05, 3.63) is 28.3 Å². The van der Waals surface area contributed by atoms with E-state index in [2.05, 4.69) is 4.90 Å². The minimum atomic E-state index is -0.0553. The molecular weight excluding hydrogens is 256 g/mol. The second kappa shape index (κ2) is 4.53. The predicted octanol–water partition coefficient (Wildman–Crippen LogP) is 1.22. The Balaban J connectivity index is 2.23. The van der Waals surface area contributed by atoms with Gasteiger partial charge in [-0.2, -0.15) is 0 Å². The molecule has 3 aliphatic heterocycles. The average Bonchev–Trinajstić information content (AvgIpc) is 2.88. The molecule has 1 amide bonds. The van der Waals surface area contributed by atoms with E-state index in [-0.39, 0.29) is 5.91 Å². The quantitative estimate of drug-likeness (QED) is 0.710. The van der Waals surface area contributed by atoms with Crippen LogP contribution in [0.3, 0.4) is 0 Å². The Kier molecular flexibility index (Phi) is 2.94. The summed E-state index contributed by atoms with van der Waals surface area (Å²) in [5, 5.41) is 0. The number of nitrogens with zero attached hydrogens (tertiary/aromatic N) is 2. The lowest BCUT2D eigenvalue weighted by Gasteiger charge is -2.42. The molecule has 0 aromatic heterocycles. The van der Waals surface area contributed by atoms with Gasteiger partial charge in [0.25, 0.3) is 5.91 Å². The van der Waals surface area contributed by atoms with Crippen LogP contribution in [-0.2, 0) is 14.3 Å². The van der Waals surface area contributed by atoms with Gasteiger partial charge >= 0.3 is 0 Å². The summed E-state index contributed by atoms with van der Waals surface area (Å²) in [6.45, 7) is 5.29. The number of carbonyl (C=O) groups excluding carboxylic acids is 2. The van der Waals surface area contributed by atoms with Crippen LogP contribution in [0, 0.1) is 0 Å². The summed E-state index contributed by atoms with van der Waals surface area (Å²) < 4.78 is 5.38. The molecule has 3 aliphatic rings. The summed E-state index contributed by atoms with van der Waals surface area (Å²) >= 11 is 0. The highest BCUT2D eigenvalue weighted by molar-refractivity contribution is 5.97. The Morgan fingerprint density at radius 3 is 2.80 bits per heavy atom. The Hall–Kier alpha value is -2.00. The first-order chi connectivity index (χ1) is 9.63. The van der Waals surface area contributed by atoms with Crippen molar-refractivity contribution in [1.29, 1.82) is 0 Å². The molecule has 0 aromatic rings. The lowest BCUT2D eigenvalue weighted by molar-refractivity contribution is -0.132. The zero-order valence-corrected chi connectivity index (χ0v) is 12.0. The second-order valence-electron chi connectivity index (χ2n) is 5.34. The van der Waals surface area contributed by atoms with Gasteiger partial charge in [0.15, 0.2) is 11.5 Å². The van der Waals surface area contributed by atoms with Crippen molar-refractivity contribution in [1.82, 2.24) is 9.80 Å². The van der Waals surface area contributed by atoms with Gasteiger partial charge in [-0.3, -0.25) is 4.79 Å². The monoisotopic (exact) mass is 274 g/mol. The minimum Gasteiger partial charge on any atom is -0.493 e. The van der Waals surface area contributed by atoms with E-state index in [0.29, 0.717) is 29.6 Å². The van der Waals surface area contributed by atoms with Crippen LogP contribution in [0.15, 0.2) is 28.3 Å². The highest BCUT2D eigenvalue weighted by atomic mass is 16.5. The van der Waals surface area contributed by atoms with Crippen LogP contribution in [0.5, 0.6) is 0 Å². The molecule has 0 radical (unpaired) electrons. The molecule has 0 bridgehead atoms. The zero-order chi connectivity index (χ0) is 14.4. The molecular formula is C15H18N2O3. The van der Waals surface area contributed by atoms with Crippen molar-refractivity contribution in [2.24, 2.45) is 0 Å². The molecule has 5 nitrogen and oxygen atoms in total. The van der Waals surface area contributed by atoms with Gasteiger partial charge in [-0.25, -0.2) is 4.79 Å². The van der Waals surface area contributed by atoms with Gasteiger partial charge in [0, 0.05) is 18.8 Å². The third-order valence-corrected chi connectivity index (χ3v) is 4.47. The highest BCUT2D eigenvalue weighted by Crippen LogP contribution is 2.44. The number of hydrogen-bond acceptors (Lipinski definition) is 4. The van der Waals surface area contributed by atoms with Crippen molar-refractivity contribution < 1.29 is 14.3 Å². The molecule has 1 unspecified atom stereocenters. The van der Waals surface area contributed by atoms with Crippen LogP contribution in [0.25, 0.3) is 0 Å². The maximum Gasteiger partial charge on any atom is 0.274 e. The summed E-state index contributed by atoms with van der Waals surface area (Å²) in [6, 6.07) is 0.297. The Morgan fingerprint density at radius 1 is 1.45 bits per heavy atom. The number of allylic oxidation sites excluding steroid dienone is 2. The molecule has 106 valence electrons. The first-order valence-electron chi connectivity index (χ1n) is 6.96. The molecule has 0 aliphatic carbocycles. The lowest BCUT2D eigenvalue weighted by Crippen LogP contribution is -2.53. The van der Waals surface area contributed by atoms with Gasteiger partial charge in [-0.15, -0.1) is 0 Å². The van der Waals surface area contributed by atoms with E-state index in [4.69, 9.17) is 4.74 Å². The molecule has 3 heterocycles. The van der Waals surface area contributed by atoms with Crippen LogP contribution in [-0.4, -0.2) is 47.9 Å². The fourth-order valence-electron chi connectivity index (χ4n) is 3.46. The van der Waals surface area contributed by atoms with E-state index >= 15 is 0 Å². The van der Waals surface area contributed by atoms with Crippen LogP contribution in [0.4, 0.5) is 0 Å². The van der Waals surface area contributed by atoms with Gasteiger partial charge < -0.3 is 14.5 Å². The van der Waals surface area contributed by atoms with Crippen LogP contribution >= 0.6 is 0 Å². The number of amides is 1. The summed E-state index contributed by atoms with van der Waals surface area (Å²) in [6.07, 6.45) is 1.90. The maximum atomic E-state index is 12.6. The second-order valence-corrected chi connectivity index (χ2v) is 5.34. The topological polar surface area (TPSA) is 49.9 Å². The highest BCUT2D eigenvalue weighted by Gasteiger charge is 2.46. The van der Waals surface area contributed by atoms with Crippen LogP contribution < -0.4 is 0 Å². The molecule has 20 heavy (non-hydrogen) atoms. The van der Waals surface area contributed by atoms with Crippen molar-refractivity contribution in [2.45, 2.75) is 32.7 Å². The van der Waals surface area contributed by atoms with Crippen molar-refractivity contribution >= 4 is 11.8 Å². The third kappa shape index (κ3) is 1.50. The van der Waals surface area contributed by atoms with E-state index in [9.17, 15) is 9.59 Å². The van der Waals surface area contributed by atoms with Gasteiger partial charge in [0.1, 0.15) is 11.5 Å². The smallest absolute Gasteiger partial charge is 0.274 e. The van der Waals surface area contributed by atoms with Crippen molar-refractivity contribution in [3.8, 4) is 0 Å². The largest absolute Gasteiger partial charge is 0.493 e. The summed E-state index contributed by atoms with van der Waals surface area (Å²) in [5.41, 5.74) is 2.87. The molecule has 2 saturated heterocycles. The number of piperazine rings is 1. The molecule has 3 rings (SSSR count). The Bertz CT molecular complexity index is 596. The molecule has 0 aromatic carbocycles. The number of rotatable bonds is 2. The van der Waals surface area contributed by atoms with Gasteiger partial charge in [0.2, 0.25) is 0 Å². The zero-order valence-electron chi connectivity index (χ0n) is 12.0. The first kappa shape index (κ1) is 13.0. The van der Waals surface area contributed by atoms with E-state index in [1.807, 2.05) is 24.7 Å². The lowest BCUT2D eigenvalue weighted by atomic mass is 9.96. The molecule has 2 fully saturated rings. The number of methoxy groups -OCH3 is 1. The molecule has 0 saturated carbocycles. The Labute approximate surface area is 118 Å². The predicted molar refractivity (Wildman–Crippen MR) is 73.1 cm³/mol. The molecule has 1 atom stereocenters. The molecule has 5 heteroatoms. The summed E-state index contributed by atoms with van der Waals surface area (Å²) in [5.74, 6) is 2.27. The van der Waals surface area contributed by atoms with E-state index in [1.54, 1.807) is 0 Å². The summed E-state index contributed by atoms with van der Waals surface area (Å²) in [7, 11) is 1.50. The van der Waals surface area contributed by atoms with Gasteiger partial charge in [-0.1, -0.05) is 0 Å². The Morgan fingerprint density at radius 2 is 2.20 bits per heavy atom. The average molecular weight is 274 g/mol. The van der Waals surface area contributed by atoms with Gasteiger partial charge in [-0.05, 0) is 32.3 Å². The van der Waals surface area contributed by atoms with Crippen molar-refractivity contribution in [2.75, 3.05) is 20.2 Å². The maximum absolute atomic E-state index is 12.6. The van der Waals surface area contributed by atoms with E-state index < -0.39 is 0 Å².